The zero-order valence-electron chi connectivity index (χ0n) is 14.4. The Kier molecular flexibility index (Phi) is 17.9. The van der Waals surface area contributed by atoms with Crippen LogP contribution in [0.2, 0.25) is 5.09 Å². The van der Waals surface area contributed by atoms with Crippen LogP contribution in [-0.2, 0) is 19.9 Å². The number of hydrogen-bond acceptors (Lipinski definition) is 4. The SMILES string of the molecule is O=S(=O)(O)O.[Li][CH2]CCCCCCCCCCOC(=O)C(=C)C. The summed E-state index contributed by atoms with van der Waals surface area (Å²) in [7, 11) is -4.67. The summed E-state index contributed by atoms with van der Waals surface area (Å²) >= 11 is 2.25. The zero-order chi connectivity index (χ0) is 18.1. The molecule has 0 rings (SSSR count). The predicted molar refractivity (Wildman–Crippen MR) is 92.1 cm³/mol. The van der Waals surface area contributed by atoms with Crippen molar-refractivity contribution < 1.29 is 27.1 Å². The molecule has 0 aromatic rings. The molecule has 0 saturated heterocycles. The summed E-state index contributed by atoms with van der Waals surface area (Å²) in [5.41, 5.74) is 0.488. The van der Waals surface area contributed by atoms with Crippen LogP contribution in [0.3, 0.4) is 0 Å². The van der Waals surface area contributed by atoms with Gasteiger partial charge in [0, 0.05) is 5.57 Å². The van der Waals surface area contributed by atoms with Crippen molar-refractivity contribution in [3.05, 3.63) is 12.2 Å². The minimum absolute atomic E-state index is 0.258. The number of esters is 1. The quantitative estimate of drug-likeness (QED) is 0.185. The van der Waals surface area contributed by atoms with Crippen LogP contribution in [0.15, 0.2) is 12.2 Å². The summed E-state index contributed by atoms with van der Waals surface area (Å²) < 4.78 is 36.6. The third kappa shape index (κ3) is 30.2. The summed E-state index contributed by atoms with van der Waals surface area (Å²) in [6.07, 6.45) is 11.6. The first-order valence-electron chi connectivity index (χ1n) is 8.21. The fourth-order valence-electron chi connectivity index (χ4n) is 1.88. The Morgan fingerprint density at radius 2 is 1.30 bits per heavy atom. The number of hydrogen-bond donors (Lipinski definition) is 2. The van der Waals surface area contributed by atoms with Crippen LogP contribution in [0.5, 0.6) is 0 Å². The molecule has 0 radical (unpaired) electrons. The van der Waals surface area contributed by atoms with E-state index in [9.17, 15) is 4.79 Å². The Bertz CT molecular complexity index is 400. The predicted octanol–water partition coefficient (Wildman–Crippen LogP) is 3.55. The van der Waals surface area contributed by atoms with E-state index < -0.39 is 10.4 Å². The van der Waals surface area contributed by atoms with Crippen molar-refractivity contribution in [2.24, 2.45) is 0 Å². The van der Waals surface area contributed by atoms with Gasteiger partial charge in [0.1, 0.15) is 0 Å². The number of carbonyl (C=O) groups excluding carboxylic acids is 1. The van der Waals surface area contributed by atoms with Gasteiger partial charge in [-0.25, -0.2) is 4.79 Å². The molecule has 0 amide bonds. The first-order chi connectivity index (χ1) is 10.7. The molecule has 8 heteroatoms. The molecular formula is C15H29LiO6S. The van der Waals surface area contributed by atoms with Crippen molar-refractivity contribution in [3.8, 4) is 0 Å². The fourth-order valence-corrected chi connectivity index (χ4v) is 1.88. The number of carbonyl (C=O) groups is 1. The van der Waals surface area contributed by atoms with Crippen molar-refractivity contribution in [3.63, 3.8) is 0 Å². The average molecular weight is 344 g/mol. The van der Waals surface area contributed by atoms with Gasteiger partial charge in [-0.2, -0.15) is 8.42 Å². The Morgan fingerprint density at radius 3 is 1.65 bits per heavy atom. The van der Waals surface area contributed by atoms with Gasteiger partial charge in [-0.1, -0.05) is 6.58 Å². The van der Waals surface area contributed by atoms with Gasteiger partial charge in [-0.05, 0) is 6.92 Å². The van der Waals surface area contributed by atoms with Gasteiger partial charge in [-0.3, -0.25) is 9.11 Å². The summed E-state index contributed by atoms with van der Waals surface area (Å²) in [4.78, 5) is 11.1. The van der Waals surface area contributed by atoms with E-state index in [1.54, 1.807) is 6.92 Å². The molecule has 0 aromatic heterocycles. The van der Waals surface area contributed by atoms with Crippen LogP contribution in [0.25, 0.3) is 0 Å². The smallest absolute Gasteiger partial charge is 0.247 e. The van der Waals surface area contributed by atoms with Gasteiger partial charge in [-0.15, -0.1) is 0 Å². The molecule has 0 spiro atoms. The molecule has 0 saturated carbocycles. The first kappa shape index (κ1) is 24.9. The Morgan fingerprint density at radius 1 is 0.957 bits per heavy atom. The third-order valence-electron chi connectivity index (χ3n) is 3.08. The maximum absolute atomic E-state index is 11.1. The summed E-state index contributed by atoms with van der Waals surface area (Å²) in [6, 6.07) is 0. The molecular weight excluding hydrogens is 315 g/mol. The van der Waals surface area contributed by atoms with Crippen molar-refractivity contribution in [1.29, 1.82) is 0 Å². The van der Waals surface area contributed by atoms with E-state index in [0.29, 0.717) is 12.2 Å². The molecule has 0 aliphatic carbocycles. The fraction of sp³-hybridized carbons (Fsp3) is 0.800. The number of unbranched alkanes of at least 4 members (excludes halogenated alkanes) is 8. The molecule has 23 heavy (non-hydrogen) atoms. The molecule has 0 aliphatic rings. The molecule has 0 aromatic carbocycles. The molecule has 2 N–H and O–H groups in total. The van der Waals surface area contributed by atoms with Crippen molar-refractivity contribution in [1.82, 2.24) is 0 Å². The average Bonchev–Trinajstić information content (AvgIpc) is 2.42. The summed E-state index contributed by atoms with van der Waals surface area (Å²) in [5, 5.41) is 1.32. The van der Waals surface area contributed by atoms with E-state index in [1.807, 2.05) is 0 Å². The van der Waals surface area contributed by atoms with Crippen LogP contribution >= 0.6 is 0 Å². The van der Waals surface area contributed by atoms with E-state index in [4.69, 9.17) is 22.3 Å². The number of ether oxygens (including phenoxy) is 1. The van der Waals surface area contributed by atoms with Crippen molar-refractivity contribution in [2.75, 3.05) is 6.61 Å². The van der Waals surface area contributed by atoms with E-state index in [-0.39, 0.29) is 5.97 Å². The molecule has 0 atom stereocenters. The second kappa shape index (κ2) is 16.5. The van der Waals surface area contributed by atoms with Crippen LogP contribution in [0.4, 0.5) is 0 Å². The van der Waals surface area contributed by atoms with Crippen LogP contribution < -0.4 is 0 Å². The van der Waals surface area contributed by atoms with Gasteiger partial charge in [0.05, 0.1) is 0 Å². The second-order valence-electron chi connectivity index (χ2n) is 5.55. The Labute approximate surface area is 149 Å². The number of rotatable bonds is 12. The van der Waals surface area contributed by atoms with Crippen LogP contribution in [-0.4, -0.2) is 47.8 Å². The van der Waals surface area contributed by atoms with Crippen LogP contribution in [0, 0.1) is 0 Å². The van der Waals surface area contributed by atoms with Gasteiger partial charge in [0.15, 0.2) is 0 Å². The van der Waals surface area contributed by atoms with E-state index >= 15 is 0 Å². The standard InChI is InChI=1S/C15H27O2.Li.H2O4S/c1-4-5-6-7-8-9-10-11-12-13-17-15(16)14(2)3;;1-5(2,3)4/h1-2,4-13H2,3H3;;(H2,1,2,3,4). The minimum Gasteiger partial charge on any atom is -0.247 e. The summed E-state index contributed by atoms with van der Waals surface area (Å²) in [5.74, 6) is -0.258. The molecule has 0 heterocycles. The molecule has 0 fully saturated rings. The minimum atomic E-state index is -4.67. The Balaban J connectivity index is 0. The van der Waals surface area contributed by atoms with Crippen molar-refractivity contribution >= 4 is 34.1 Å². The molecule has 0 bridgehead atoms. The van der Waals surface area contributed by atoms with Crippen LogP contribution in [0.1, 0.15) is 64.7 Å². The first-order valence-corrected chi connectivity index (χ1v) is 9.60. The molecule has 0 aliphatic heterocycles. The normalized spacial score (nSPS) is 10.7. The molecule has 6 nitrogen and oxygen atoms in total. The van der Waals surface area contributed by atoms with Gasteiger partial charge < -0.3 is 0 Å². The van der Waals surface area contributed by atoms with E-state index in [1.165, 1.54) is 56.5 Å². The second-order valence-corrected chi connectivity index (χ2v) is 6.44. The topological polar surface area (TPSA) is 101 Å². The van der Waals surface area contributed by atoms with E-state index in [2.05, 4.69) is 24.3 Å². The Hall–Kier alpha value is -0.323. The third-order valence-corrected chi connectivity index (χ3v) is 3.08. The monoisotopic (exact) mass is 344 g/mol. The zero-order valence-corrected chi connectivity index (χ0v) is 15.2. The van der Waals surface area contributed by atoms with Gasteiger partial charge in [0.25, 0.3) is 0 Å². The van der Waals surface area contributed by atoms with Crippen molar-refractivity contribution in [2.45, 2.75) is 69.8 Å². The van der Waals surface area contributed by atoms with Gasteiger partial charge >= 0.3 is 108 Å². The molecule has 0 unspecified atom stereocenters. The summed E-state index contributed by atoms with van der Waals surface area (Å²) in [6.45, 7) is 5.78. The molecule has 132 valence electrons. The van der Waals surface area contributed by atoms with E-state index in [0.717, 1.165) is 6.42 Å². The van der Waals surface area contributed by atoms with Gasteiger partial charge in [0.2, 0.25) is 0 Å². The maximum atomic E-state index is 11.1.